The van der Waals surface area contributed by atoms with E-state index in [4.69, 9.17) is 5.11 Å². The van der Waals surface area contributed by atoms with Gasteiger partial charge in [-0.2, -0.15) is 4.31 Å². The van der Waals surface area contributed by atoms with Gasteiger partial charge in [0.05, 0.1) is 0 Å². The number of nitrogens with zero attached hydrogens (tertiary/aromatic N) is 1. The Balaban J connectivity index is 2.16. The van der Waals surface area contributed by atoms with E-state index in [1.807, 2.05) is 24.3 Å². The highest BCUT2D eigenvalue weighted by molar-refractivity contribution is 7.92. The number of aryl methyl sites for hydroxylation is 1. The molecule has 0 bridgehead atoms. The topological polar surface area (TPSA) is 74.7 Å². The Hall–Kier alpha value is -1.66. The quantitative estimate of drug-likeness (QED) is 0.904. The normalized spacial score (nSPS) is 20.1. The fourth-order valence-electron chi connectivity index (χ4n) is 2.40. The van der Waals surface area contributed by atoms with E-state index in [9.17, 15) is 13.2 Å². The second kappa shape index (κ2) is 6.41. The highest BCUT2D eigenvalue weighted by Gasteiger charge is 2.37. The first-order chi connectivity index (χ1) is 9.94. The largest absolute Gasteiger partial charge is 0.480 e. The van der Waals surface area contributed by atoms with Crippen molar-refractivity contribution in [2.45, 2.75) is 32.2 Å². The summed E-state index contributed by atoms with van der Waals surface area (Å²) in [4.78, 5) is 11.1. The Labute approximate surface area is 124 Å². The third-order valence-electron chi connectivity index (χ3n) is 3.64. The van der Waals surface area contributed by atoms with Crippen LogP contribution >= 0.6 is 0 Å². The SMILES string of the molecule is CCc1ccc(C=CS(=O)(=O)N2CCCC2C(=O)O)cc1. The number of hydrogen-bond donors (Lipinski definition) is 1. The summed E-state index contributed by atoms with van der Waals surface area (Å²) in [6.45, 7) is 2.31. The molecular formula is C15H19NO4S. The Bertz CT molecular complexity index is 634. The summed E-state index contributed by atoms with van der Waals surface area (Å²) < 4.78 is 25.5. The van der Waals surface area contributed by atoms with Gasteiger partial charge in [-0.05, 0) is 36.5 Å². The lowest BCUT2D eigenvalue weighted by atomic mass is 10.1. The minimum Gasteiger partial charge on any atom is -0.480 e. The molecule has 0 aliphatic carbocycles. The Kier molecular flexibility index (Phi) is 4.80. The molecule has 1 aromatic rings. The Morgan fingerprint density at radius 2 is 2.05 bits per heavy atom. The predicted octanol–water partition coefficient (Wildman–Crippen LogP) is 2.10. The molecule has 0 amide bonds. The maximum absolute atomic E-state index is 12.2. The number of sulfonamides is 1. The van der Waals surface area contributed by atoms with Gasteiger partial charge in [-0.3, -0.25) is 4.79 Å². The molecule has 6 heteroatoms. The minimum atomic E-state index is -3.70. The molecule has 0 saturated carbocycles. The predicted molar refractivity (Wildman–Crippen MR) is 81.1 cm³/mol. The molecule has 2 rings (SSSR count). The maximum atomic E-state index is 12.2. The van der Waals surface area contributed by atoms with E-state index in [1.165, 1.54) is 11.6 Å². The van der Waals surface area contributed by atoms with Gasteiger partial charge in [-0.25, -0.2) is 8.42 Å². The van der Waals surface area contributed by atoms with E-state index in [0.717, 1.165) is 21.7 Å². The molecule has 1 unspecified atom stereocenters. The van der Waals surface area contributed by atoms with Gasteiger partial charge in [0.2, 0.25) is 10.0 Å². The Morgan fingerprint density at radius 3 is 2.62 bits per heavy atom. The van der Waals surface area contributed by atoms with Crippen LogP contribution in [0.1, 0.15) is 30.9 Å². The summed E-state index contributed by atoms with van der Waals surface area (Å²) in [7, 11) is -3.70. The number of aliphatic carboxylic acids is 1. The lowest BCUT2D eigenvalue weighted by Crippen LogP contribution is -2.39. The van der Waals surface area contributed by atoms with Crippen molar-refractivity contribution in [3.05, 3.63) is 40.8 Å². The second-order valence-electron chi connectivity index (χ2n) is 5.05. The molecule has 0 aromatic heterocycles. The van der Waals surface area contributed by atoms with E-state index in [2.05, 4.69) is 6.92 Å². The number of carboxylic acid groups (broad SMARTS) is 1. The standard InChI is InChI=1S/C15H19NO4S/c1-2-12-5-7-13(8-6-12)9-11-21(19,20)16-10-3-4-14(16)15(17)18/h5-9,11,14H,2-4,10H2,1H3,(H,17,18). The molecule has 114 valence electrons. The zero-order valence-electron chi connectivity index (χ0n) is 11.9. The molecule has 1 saturated heterocycles. The van der Waals surface area contributed by atoms with Crippen LogP contribution in [0.3, 0.4) is 0 Å². The molecule has 1 aromatic carbocycles. The number of carboxylic acids is 1. The molecule has 1 heterocycles. The van der Waals surface area contributed by atoms with E-state index >= 15 is 0 Å². The van der Waals surface area contributed by atoms with Crippen LogP contribution in [-0.2, 0) is 21.2 Å². The second-order valence-corrected chi connectivity index (χ2v) is 6.82. The van der Waals surface area contributed by atoms with E-state index in [0.29, 0.717) is 12.8 Å². The van der Waals surface area contributed by atoms with Crippen LogP contribution in [-0.4, -0.2) is 36.4 Å². The van der Waals surface area contributed by atoms with Crippen LogP contribution < -0.4 is 0 Å². The van der Waals surface area contributed by atoms with Gasteiger partial charge in [0, 0.05) is 12.0 Å². The average molecular weight is 309 g/mol. The van der Waals surface area contributed by atoms with Crippen LogP contribution in [0.25, 0.3) is 6.08 Å². The molecule has 1 aliphatic rings. The maximum Gasteiger partial charge on any atom is 0.322 e. The molecule has 1 atom stereocenters. The fraction of sp³-hybridized carbons (Fsp3) is 0.400. The molecular weight excluding hydrogens is 290 g/mol. The van der Waals surface area contributed by atoms with Gasteiger partial charge in [0.15, 0.2) is 0 Å². The van der Waals surface area contributed by atoms with Crippen molar-refractivity contribution in [1.82, 2.24) is 4.31 Å². The lowest BCUT2D eigenvalue weighted by molar-refractivity contribution is -0.140. The molecule has 0 spiro atoms. The van der Waals surface area contributed by atoms with Gasteiger partial charge in [-0.1, -0.05) is 31.2 Å². The zero-order valence-corrected chi connectivity index (χ0v) is 12.7. The summed E-state index contributed by atoms with van der Waals surface area (Å²) in [6.07, 6.45) is 3.38. The first-order valence-electron chi connectivity index (χ1n) is 6.95. The van der Waals surface area contributed by atoms with Crippen molar-refractivity contribution in [2.24, 2.45) is 0 Å². The molecule has 0 radical (unpaired) electrons. The number of benzene rings is 1. The molecule has 21 heavy (non-hydrogen) atoms. The molecule has 1 N–H and O–H groups in total. The summed E-state index contributed by atoms with van der Waals surface area (Å²) in [5.41, 5.74) is 1.96. The van der Waals surface area contributed by atoms with Crippen molar-refractivity contribution in [3.8, 4) is 0 Å². The fourth-order valence-corrected chi connectivity index (χ4v) is 3.82. The number of rotatable bonds is 5. The van der Waals surface area contributed by atoms with Gasteiger partial charge < -0.3 is 5.11 Å². The highest BCUT2D eigenvalue weighted by Crippen LogP contribution is 2.22. The van der Waals surface area contributed by atoms with Crippen LogP contribution in [0.4, 0.5) is 0 Å². The van der Waals surface area contributed by atoms with Crippen molar-refractivity contribution < 1.29 is 18.3 Å². The van der Waals surface area contributed by atoms with E-state index in [-0.39, 0.29) is 6.54 Å². The lowest BCUT2D eigenvalue weighted by Gasteiger charge is -2.18. The number of hydrogen-bond acceptors (Lipinski definition) is 3. The van der Waals surface area contributed by atoms with Gasteiger partial charge in [-0.15, -0.1) is 0 Å². The number of carbonyl (C=O) groups is 1. The first-order valence-corrected chi connectivity index (χ1v) is 8.46. The van der Waals surface area contributed by atoms with Crippen molar-refractivity contribution >= 4 is 22.1 Å². The van der Waals surface area contributed by atoms with Crippen molar-refractivity contribution in [1.29, 1.82) is 0 Å². The zero-order chi connectivity index (χ0) is 15.5. The molecule has 1 aliphatic heterocycles. The highest BCUT2D eigenvalue weighted by atomic mass is 32.2. The Morgan fingerprint density at radius 1 is 1.38 bits per heavy atom. The summed E-state index contributed by atoms with van der Waals surface area (Å²) >= 11 is 0. The van der Waals surface area contributed by atoms with E-state index < -0.39 is 22.0 Å². The first kappa shape index (κ1) is 15.7. The summed E-state index contributed by atoms with van der Waals surface area (Å²) in [5, 5.41) is 10.2. The van der Waals surface area contributed by atoms with Gasteiger partial charge in [0.25, 0.3) is 0 Å². The molecule has 1 fully saturated rings. The van der Waals surface area contributed by atoms with Crippen LogP contribution in [0.15, 0.2) is 29.7 Å². The minimum absolute atomic E-state index is 0.262. The monoisotopic (exact) mass is 309 g/mol. The molecule has 5 nitrogen and oxygen atoms in total. The van der Waals surface area contributed by atoms with Crippen LogP contribution in [0.2, 0.25) is 0 Å². The third kappa shape index (κ3) is 3.71. The smallest absolute Gasteiger partial charge is 0.322 e. The van der Waals surface area contributed by atoms with Crippen LogP contribution in [0.5, 0.6) is 0 Å². The van der Waals surface area contributed by atoms with E-state index in [1.54, 1.807) is 0 Å². The average Bonchev–Trinajstić information content (AvgIpc) is 2.96. The van der Waals surface area contributed by atoms with Crippen LogP contribution in [0, 0.1) is 0 Å². The van der Waals surface area contributed by atoms with Gasteiger partial charge in [0.1, 0.15) is 6.04 Å². The summed E-state index contributed by atoms with van der Waals surface area (Å²) in [6, 6.07) is 6.65. The van der Waals surface area contributed by atoms with Gasteiger partial charge >= 0.3 is 5.97 Å². The van der Waals surface area contributed by atoms with Crippen molar-refractivity contribution in [2.75, 3.05) is 6.54 Å². The summed E-state index contributed by atoms with van der Waals surface area (Å²) in [5.74, 6) is -1.09. The third-order valence-corrected chi connectivity index (χ3v) is 5.21. The van der Waals surface area contributed by atoms with Crippen molar-refractivity contribution in [3.63, 3.8) is 0 Å².